The molecule has 0 aliphatic carbocycles. The van der Waals surface area contributed by atoms with Gasteiger partial charge < -0.3 is 9.84 Å². The highest BCUT2D eigenvalue weighted by Gasteiger charge is 2.41. The zero-order valence-corrected chi connectivity index (χ0v) is 14.1. The molecular weight excluding hydrogens is 346 g/mol. The van der Waals surface area contributed by atoms with Crippen molar-refractivity contribution in [3.05, 3.63) is 28.8 Å². The van der Waals surface area contributed by atoms with Gasteiger partial charge in [-0.25, -0.2) is 13.2 Å². The summed E-state index contributed by atoms with van der Waals surface area (Å²) in [5.74, 6) is -2.70. The highest BCUT2D eigenvalue weighted by Crippen LogP contribution is 2.32. The summed E-state index contributed by atoms with van der Waals surface area (Å²) in [4.78, 5) is 22.4. The number of ether oxygens (including phenoxy) is 1. The maximum atomic E-state index is 12.7. The van der Waals surface area contributed by atoms with Crippen LogP contribution < -0.4 is 0 Å². The van der Waals surface area contributed by atoms with Crippen LogP contribution in [-0.4, -0.2) is 50.0 Å². The van der Waals surface area contributed by atoms with Crippen molar-refractivity contribution in [2.75, 3.05) is 20.2 Å². The highest BCUT2D eigenvalue weighted by molar-refractivity contribution is 7.89. The first kappa shape index (κ1) is 17.7. The fraction of sp³-hybridized carbons (Fsp3) is 0.429. The molecule has 9 heteroatoms. The van der Waals surface area contributed by atoms with Crippen molar-refractivity contribution in [2.24, 2.45) is 11.8 Å². The standard InChI is InChI=1S/C14H16ClNO6S/c1-8-6-16(7-10(8)13(17)18)23(20,21)12-4-3-9(5-11(12)15)14(19)22-2/h3-5,8,10H,6-7H2,1-2H3,(H,17,18)/t8-,10-/m1/s1. The van der Waals surface area contributed by atoms with Crippen molar-refractivity contribution in [2.45, 2.75) is 11.8 Å². The number of methoxy groups -OCH3 is 1. The molecule has 0 unspecified atom stereocenters. The van der Waals surface area contributed by atoms with E-state index in [0.29, 0.717) is 0 Å². The maximum absolute atomic E-state index is 12.7. The molecule has 0 bridgehead atoms. The van der Waals surface area contributed by atoms with Gasteiger partial charge in [0.1, 0.15) is 4.90 Å². The van der Waals surface area contributed by atoms with E-state index < -0.39 is 27.9 Å². The van der Waals surface area contributed by atoms with Gasteiger partial charge in [0.05, 0.1) is 23.6 Å². The molecule has 0 spiro atoms. The van der Waals surface area contributed by atoms with E-state index in [9.17, 15) is 18.0 Å². The molecule has 1 fully saturated rings. The normalized spacial score (nSPS) is 22.0. The first-order valence-electron chi connectivity index (χ1n) is 6.79. The zero-order chi connectivity index (χ0) is 17.4. The number of hydrogen-bond acceptors (Lipinski definition) is 5. The number of halogens is 1. The quantitative estimate of drug-likeness (QED) is 0.815. The van der Waals surface area contributed by atoms with Crippen LogP contribution in [0.4, 0.5) is 0 Å². The zero-order valence-electron chi connectivity index (χ0n) is 12.5. The molecule has 0 aromatic heterocycles. The number of hydrogen-bond donors (Lipinski definition) is 1. The monoisotopic (exact) mass is 361 g/mol. The van der Waals surface area contributed by atoms with Crippen LogP contribution in [0, 0.1) is 11.8 Å². The highest BCUT2D eigenvalue weighted by atomic mass is 35.5. The van der Waals surface area contributed by atoms with Gasteiger partial charge >= 0.3 is 11.9 Å². The van der Waals surface area contributed by atoms with Crippen molar-refractivity contribution in [1.82, 2.24) is 4.31 Å². The van der Waals surface area contributed by atoms with Gasteiger partial charge in [-0.15, -0.1) is 0 Å². The Hall–Kier alpha value is -1.64. The van der Waals surface area contributed by atoms with Crippen LogP contribution in [0.25, 0.3) is 0 Å². The fourth-order valence-corrected chi connectivity index (χ4v) is 4.62. The molecule has 0 saturated carbocycles. The Labute approximate surface area is 138 Å². The third-order valence-corrected chi connectivity index (χ3v) is 6.18. The van der Waals surface area contributed by atoms with E-state index in [2.05, 4.69) is 4.74 Å². The fourth-order valence-electron chi connectivity index (χ4n) is 2.53. The third-order valence-electron chi connectivity index (χ3n) is 3.87. The molecule has 1 heterocycles. The maximum Gasteiger partial charge on any atom is 0.337 e. The average molecular weight is 362 g/mol. The average Bonchev–Trinajstić information content (AvgIpc) is 2.89. The van der Waals surface area contributed by atoms with Crippen LogP contribution in [0.1, 0.15) is 17.3 Å². The van der Waals surface area contributed by atoms with Crippen LogP contribution in [0.5, 0.6) is 0 Å². The summed E-state index contributed by atoms with van der Waals surface area (Å²) in [6, 6.07) is 3.75. The van der Waals surface area contributed by atoms with Crippen LogP contribution in [-0.2, 0) is 19.6 Å². The topological polar surface area (TPSA) is 101 Å². The van der Waals surface area contributed by atoms with E-state index in [4.69, 9.17) is 16.7 Å². The number of benzene rings is 1. The van der Waals surface area contributed by atoms with Gasteiger partial charge in [0.2, 0.25) is 10.0 Å². The minimum absolute atomic E-state index is 0.103. The lowest BCUT2D eigenvalue weighted by Crippen LogP contribution is -2.30. The number of sulfonamides is 1. The van der Waals surface area contributed by atoms with Crippen LogP contribution in [0.15, 0.2) is 23.1 Å². The molecule has 1 saturated heterocycles. The van der Waals surface area contributed by atoms with Crippen molar-refractivity contribution in [3.8, 4) is 0 Å². The molecule has 1 aromatic carbocycles. The summed E-state index contributed by atoms with van der Waals surface area (Å²) in [6.45, 7) is 1.69. The molecule has 1 N–H and O–H groups in total. The summed E-state index contributed by atoms with van der Waals surface area (Å²) < 4.78 is 31.0. The van der Waals surface area contributed by atoms with E-state index >= 15 is 0 Å². The van der Waals surface area contributed by atoms with Crippen molar-refractivity contribution in [3.63, 3.8) is 0 Å². The van der Waals surface area contributed by atoms with Gasteiger partial charge in [-0.3, -0.25) is 4.79 Å². The second kappa shape index (κ2) is 6.46. The molecular formula is C14H16ClNO6S. The van der Waals surface area contributed by atoms with E-state index in [0.717, 1.165) is 4.31 Å². The Bertz CT molecular complexity index is 748. The summed E-state index contributed by atoms with van der Waals surface area (Å²) in [5.41, 5.74) is 0.134. The lowest BCUT2D eigenvalue weighted by Gasteiger charge is -2.17. The van der Waals surface area contributed by atoms with Gasteiger partial charge in [0.25, 0.3) is 0 Å². The van der Waals surface area contributed by atoms with Gasteiger partial charge in [-0.05, 0) is 24.1 Å². The Kier molecular flexibility index (Phi) is 4.98. The molecule has 7 nitrogen and oxygen atoms in total. The van der Waals surface area contributed by atoms with E-state index in [1.54, 1.807) is 6.92 Å². The molecule has 1 aromatic rings. The largest absolute Gasteiger partial charge is 0.481 e. The molecule has 1 aliphatic rings. The number of carboxylic acids is 1. The number of carbonyl (C=O) groups is 2. The summed E-state index contributed by atoms with van der Waals surface area (Å²) in [7, 11) is -2.73. The molecule has 2 rings (SSSR count). The predicted octanol–water partition coefficient (Wildman–Crippen LogP) is 1.47. The number of carbonyl (C=O) groups excluding carboxylic acids is 1. The number of aliphatic carboxylic acids is 1. The van der Waals surface area contributed by atoms with Gasteiger partial charge in [-0.2, -0.15) is 4.31 Å². The molecule has 2 atom stereocenters. The number of nitrogens with zero attached hydrogens (tertiary/aromatic N) is 1. The lowest BCUT2D eigenvalue weighted by molar-refractivity contribution is -0.142. The van der Waals surface area contributed by atoms with Crippen LogP contribution in [0.3, 0.4) is 0 Å². The van der Waals surface area contributed by atoms with Crippen molar-refractivity contribution in [1.29, 1.82) is 0 Å². The minimum atomic E-state index is -3.93. The first-order valence-corrected chi connectivity index (χ1v) is 8.61. The van der Waals surface area contributed by atoms with Gasteiger partial charge in [0.15, 0.2) is 0 Å². The smallest absolute Gasteiger partial charge is 0.337 e. The van der Waals surface area contributed by atoms with Crippen molar-refractivity contribution >= 4 is 33.6 Å². The molecule has 0 radical (unpaired) electrons. The SMILES string of the molecule is COC(=O)c1ccc(S(=O)(=O)N2C[C@@H](C)[C@H](C(=O)O)C2)c(Cl)c1. The molecule has 126 valence electrons. The third kappa shape index (κ3) is 3.34. The van der Waals surface area contributed by atoms with Crippen LogP contribution >= 0.6 is 11.6 Å². The number of carboxylic acid groups (broad SMARTS) is 1. The second-order valence-electron chi connectivity index (χ2n) is 5.38. The summed E-state index contributed by atoms with van der Waals surface area (Å²) in [6.07, 6.45) is 0. The molecule has 0 amide bonds. The van der Waals surface area contributed by atoms with E-state index in [1.807, 2.05) is 0 Å². The Morgan fingerprint density at radius 2 is 2.00 bits per heavy atom. The molecule has 23 heavy (non-hydrogen) atoms. The Balaban J connectivity index is 2.34. The summed E-state index contributed by atoms with van der Waals surface area (Å²) in [5, 5.41) is 9.01. The number of esters is 1. The van der Waals surface area contributed by atoms with E-state index in [-0.39, 0.29) is 34.5 Å². The van der Waals surface area contributed by atoms with Crippen molar-refractivity contribution < 1.29 is 27.9 Å². The second-order valence-corrected chi connectivity index (χ2v) is 7.69. The van der Waals surface area contributed by atoms with Crippen LogP contribution in [0.2, 0.25) is 5.02 Å². The molecule has 1 aliphatic heterocycles. The van der Waals surface area contributed by atoms with Gasteiger partial charge in [0, 0.05) is 13.1 Å². The Morgan fingerprint density at radius 1 is 1.35 bits per heavy atom. The van der Waals surface area contributed by atoms with Gasteiger partial charge in [-0.1, -0.05) is 18.5 Å². The number of rotatable bonds is 4. The summed E-state index contributed by atoms with van der Waals surface area (Å²) >= 11 is 6.00. The van der Waals surface area contributed by atoms with E-state index in [1.165, 1.54) is 25.3 Å². The Morgan fingerprint density at radius 3 is 2.48 bits per heavy atom. The minimum Gasteiger partial charge on any atom is -0.481 e. The lowest BCUT2D eigenvalue weighted by atomic mass is 9.99. The predicted molar refractivity (Wildman–Crippen MR) is 81.8 cm³/mol. The first-order chi connectivity index (χ1) is 10.7.